The van der Waals surface area contributed by atoms with Crippen LogP contribution in [0.2, 0.25) is 0 Å². The molecule has 1 amide bonds. The first-order chi connectivity index (χ1) is 12.4. The van der Waals surface area contributed by atoms with Gasteiger partial charge in [-0.25, -0.2) is 4.79 Å². The fourth-order valence-corrected chi connectivity index (χ4v) is 2.72. The Labute approximate surface area is 156 Å². The lowest BCUT2D eigenvalue weighted by atomic mass is 10.1. The molecule has 0 aliphatic heterocycles. The summed E-state index contributed by atoms with van der Waals surface area (Å²) in [7, 11) is 1.52. The number of thiocyanates is 1. The van der Waals surface area contributed by atoms with E-state index in [1.807, 2.05) is 19.2 Å². The van der Waals surface area contributed by atoms with Crippen LogP contribution in [0.15, 0.2) is 41.3 Å². The smallest absolute Gasteiger partial charge is 0.338 e. The Kier molecular flexibility index (Phi) is 6.64. The van der Waals surface area contributed by atoms with Crippen molar-refractivity contribution >= 4 is 29.3 Å². The SMILES string of the molecule is COc1cc(C(=O)OCC(=O)Nc2ccc(SC#N)cc2C)ccc1C. The van der Waals surface area contributed by atoms with Crippen LogP contribution in [0, 0.1) is 24.5 Å². The third kappa shape index (κ3) is 5.01. The van der Waals surface area contributed by atoms with Crippen molar-refractivity contribution in [1.82, 2.24) is 0 Å². The van der Waals surface area contributed by atoms with E-state index in [1.54, 1.807) is 36.4 Å². The second kappa shape index (κ2) is 8.92. The standard InChI is InChI=1S/C19H18N2O4S/c1-12-4-5-14(9-17(12)24-3)19(23)25-10-18(22)21-16-7-6-15(26-11-20)8-13(16)2/h4-9H,10H2,1-3H3,(H,21,22). The molecule has 0 fully saturated rings. The number of amides is 1. The second-order valence-corrected chi connectivity index (χ2v) is 6.34. The van der Waals surface area contributed by atoms with Gasteiger partial charge in [-0.15, -0.1) is 0 Å². The fourth-order valence-electron chi connectivity index (χ4n) is 2.24. The molecular formula is C19H18N2O4S. The summed E-state index contributed by atoms with van der Waals surface area (Å²) in [4.78, 5) is 24.9. The van der Waals surface area contributed by atoms with Crippen molar-refractivity contribution in [1.29, 1.82) is 5.26 Å². The summed E-state index contributed by atoms with van der Waals surface area (Å²) in [5.74, 6) is -0.466. The van der Waals surface area contributed by atoms with E-state index in [9.17, 15) is 9.59 Å². The number of aryl methyl sites for hydroxylation is 2. The molecule has 0 saturated carbocycles. The zero-order valence-electron chi connectivity index (χ0n) is 14.7. The van der Waals surface area contributed by atoms with Crippen LogP contribution < -0.4 is 10.1 Å². The lowest BCUT2D eigenvalue weighted by Gasteiger charge is -2.10. The van der Waals surface area contributed by atoms with Crippen LogP contribution in [0.25, 0.3) is 0 Å². The van der Waals surface area contributed by atoms with Gasteiger partial charge in [0.25, 0.3) is 5.91 Å². The number of anilines is 1. The van der Waals surface area contributed by atoms with E-state index in [0.717, 1.165) is 27.8 Å². The average Bonchev–Trinajstić information content (AvgIpc) is 2.62. The molecule has 26 heavy (non-hydrogen) atoms. The molecular weight excluding hydrogens is 352 g/mol. The number of nitriles is 1. The molecule has 1 N–H and O–H groups in total. The molecule has 2 rings (SSSR count). The van der Waals surface area contributed by atoms with Gasteiger partial charge in [-0.2, -0.15) is 5.26 Å². The molecule has 134 valence electrons. The third-order valence-corrected chi connectivity index (χ3v) is 4.19. The molecule has 0 spiro atoms. The van der Waals surface area contributed by atoms with E-state index in [-0.39, 0.29) is 0 Å². The number of benzene rings is 2. The molecule has 0 aliphatic rings. The minimum atomic E-state index is -0.601. The molecule has 0 bridgehead atoms. The zero-order chi connectivity index (χ0) is 19.1. The van der Waals surface area contributed by atoms with Crippen molar-refractivity contribution < 1.29 is 19.1 Å². The molecule has 6 nitrogen and oxygen atoms in total. The number of thioether (sulfide) groups is 1. The minimum Gasteiger partial charge on any atom is -0.496 e. The number of rotatable bonds is 6. The Morgan fingerprint density at radius 3 is 2.58 bits per heavy atom. The first-order valence-electron chi connectivity index (χ1n) is 7.72. The summed E-state index contributed by atoms with van der Waals surface area (Å²) in [6.07, 6.45) is 0. The van der Waals surface area contributed by atoms with E-state index in [4.69, 9.17) is 14.7 Å². The van der Waals surface area contributed by atoms with Gasteiger partial charge in [0.05, 0.1) is 12.7 Å². The highest BCUT2D eigenvalue weighted by Gasteiger charge is 2.13. The third-order valence-electron chi connectivity index (χ3n) is 3.61. The zero-order valence-corrected chi connectivity index (χ0v) is 15.5. The number of nitrogens with zero attached hydrogens (tertiary/aromatic N) is 1. The van der Waals surface area contributed by atoms with Gasteiger partial charge in [-0.05, 0) is 67.1 Å². The number of carbonyl (C=O) groups excluding carboxylic acids is 2. The number of carbonyl (C=O) groups is 2. The largest absolute Gasteiger partial charge is 0.496 e. The molecule has 0 aromatic heterocycles. The normalized spacial score (nSPS) is 9.92. The minimum absolute atomic E-state index is 0.314. The van der Waals surface area contributed by atoms with Gasteiger partial charge in [0.2, 0.25) is 0 Å². The summed E-state index contributed by atoms with van der Waals surface area (Å²) in [5, 5.41) is 13.4. The summed E-state index contributed by atoms with van der Waals surface area (Å²) >= 11 is 1.05. The molecule has 0 saturated heterocycles. The highest BCUT2D eigenvalue weighted by molar-refractivity contribution is 8.03. The van der Waals surface area contributed by atoms with Crippen molar-refractivity contribution in [2.45, 2.75) is 18.7 Å². The maximum atomic E-state index is 12.1. The topological polar surface area (TPSA) is 88.4 Å². The van der Waals surface area contributed by atoms with E-state index < -0.39 is 18.5 Å². The molecule has 0 radical (unpaired) electrons. The first-order valence-corrected chi connectivity index (χ1v) is 8.54. The lowest BCUT2D eigenvalue weighted by molar-refractivity contribution is -0.119. The number of esters is 1. The quantitative estimate of drug-likeness (QED) is 0.474. The van der Waals surface area contributed by atoms with Crippen molar-refractivity contribution in [2.24, 2.45) is 0 Å². The maximum absolute atomic E-state index is 12.1. The van der Waals surface area contributed by atoms with Gasteiger partial charge in [-0.3, -0.25) is 4.79 Å². The highest BCUT2D eigenvalue weighted by Crippen LogP contribution is 2.23. The number of nitrogens with one attached hydrogen (secondary N) is 1. The van der Waals surface area contributed by atoms with E-state index >= 15 is 0 Å². The van der Waals surface area contributed by atoms with Crippen LogP contribution in [0.5, 0.6) is 5.75 Å². The highest BCUT2D eigenvalue weighted by atomic mass is 32.2. The summed E-state index contributed by atoms with van der Waals surface area (Å²) < 4.78 is 10.2. The molecule has 0 unspecified atom stereocenters. The second-order valence-electron chi connectivity index (χ2n) is 5.48. The van der Waals surface area contributed by atoms with Crippen LogP contribution in [-0.2, 0) is 9.53 Å². The number of methoxy groups -OCH3 is 1. The number of ether oxygens (including phenoxy) is 2. The van der Waals surface area contributed by atoms with Crippen LogP contribution in [0.4, 0.5) is 5.69 Å². The van der Waals surface area contributed by atoms with Crippen LogP contribution in [-0.4, -0.2) is 25.6 Å². The number of hydrogen-bond acceptors (Lipinski definition) is 6. The van der Waals surface area contributed by atoms with Crippen LogP contribution in [0.1, 0.15) is 21.5 Å². The van der Waals surface area contributed by atoms with Crippen molar-refractivity contribution in [3.63, 3.8) is 0 Å². The predicted octanol–water partition coefficient (Wildman–Crippen LogP) is 3.68. The molecule has 0 heterocycles. The van der Waals surface area contributed by atoms with Crippen molar-refractivity contribution in [3.05, 3.63) is 53.1 Å². The Bertz CT molecular complexity index is 874. The van der Waals surface area contributed by atoms with Crippen molar-refractivity contribution in [3.8, 4) is 11.2 Å². The van der Waals surface area contributed by atoms with Gasteiger partial charge in [0, 0.05) is 10.6 Å². The van der Waals surface area contributed by atoms with E-state index in [1.165, 1.54) is 7.11 Å². The average molecular weight is 370 g/mol. The van der Waals surface area contributed by atoms with Gasteiger partial charge in [-0.1, -0.05) is 6.07 Å². The summed E-state index contributed by atoms with van der Waals surface area (Å²) in [6, 6.07) is 10.2. The predicted molar refractivity (Wildman–Crippen MR) is 99.3 cm³/mol. The Morgan fingerprint density at radius 1 is 1.15 bits per heavy atom. The van der Waals surface area contributed by atoms with Crippen LogP contribution >= 0.6 is 11.8 Å². The first kappa shape index (κ1) is 19.3. The molecule has 2 aromatic carbocycles. The lowest BCUT2D eigenvalue weighted by Crippen LogP contribution is -2.21. The van der Waals surface area contributed by atoms with Gasteiger partial charge >= 0.3 is 5.97 Å². The van der Waals surface area contributed by atoms with E-state index in [0.29, 0.717) is 17.0 Å². The van der Waals surface area contributed by atoms with Crippen molar-refractivity contribution in [2.75, 3.05) is 19.0 Å². The molecule has 7 heteroatoms. The molecule has 0 atom stereocenters. The monoisotopic (exact) mass is 370 g/mol. The summed E-state index contributed by atoms with van der Waals surface area (Å²) in [6.45, 7) is 3.29. The Balaban J connectivity index is 1.94. The van der Waals surface area contributed by atoms with Crippen LogP contribution in [0.3, 0.4) is 0 Å². The molecule has 2 aromatic rings. The Morgan fingerprint density at radius 2 is 1.92 bits per heavy atom. The summed E-state index contributed by atoms with van der Waals surface area (Å²) in [5.41, 5.74) is 2.63. The van der Waals surface area contributed by atoms with E-state index in [2.05, 4.69) is 5.32 Å². The fraction of sp³-hybridized carbons (Fsp3) is 0.211. The van der Waals surface area contributed by atoms with Gasteiger partial charge in [0.1, 0.15) is 11.2 Å². The molecule has 0 aliphatic carbocycles. The maximum Gasteiger partial charge on any atom is 0.338 e. The number of hydrogen-bond donors (Lipinski definition) is 1. The Hall–Kier alpha value is -2.98. The van der Waals surface area contributed by atoms with Gasteiger partial charge in [0.15, 0.2) is 6.61 Å². The van der Waals surface area contributed by atoms with Gasteiger partial charge < -0.3 is 14.8 Å².